The predicted octanol–water partition coefficient (Wildman–Crippen LogP) is 2.53. The Morgan fingerprint density at radius 1 is 1.21 bits per heavy atom. The van der Waals surface area contributed by atoms with Gasteiger partial charge in [-0.15, -0.1) is 0 Å². The van der Waals surface area contributed by atoms with Gasteiger partial charge in [-0.1, -0.05) is 23.4 Å². The summed E-state index contributed by atoms with van der Waals surface area (Å²) in [6.07, 6.45) is 0.708. The van der Waals surface area contributed by atoms with Crippen LogP contribution in [0.4, 0.5) is 0 Å². The summed E-state index contributed by atoms with van der Waals surface area (Å²) in [7, 11) is -1.62. The molecule has 0 unspecified atom stereocenters. The second-order valence-electron chi connectivity index (χ2n) is 6.24. The minimum absolute atomic E-state index is 0.199. The molecule has 1 aliphatic rings. The molecule has 0 N–H and O–H groups in total. The van der Waals surface area contributed by atoms with Crippen LogP contribution >= 0.6 is 0 Å². The van der Waals surface area contributed by atoms with Crippen molar-refractivity contribution in [1.29, 1.82) is 0 Å². The standard InChI is InChI=1S/C17H19N3O3S/c1-11-17(12(2)23-18-11)24(21,22)20-9-8-14-13-6-4-5-7-15(13)19(3)16(14)10-20/h4-7H,8-10H2,1-3H3. The maximum Gasteiger partial charge on any atom is 0.248 e. The molecule has 7 heteroatoms. The number of fused-ring (bicyclic) bond motifs is 3. The van der Waals surface area contributed by atoms with E-state index >= 15 is 0 Å². The molecule has 0 fully saturated rings. The van der Waals surface area contributed by atoms with E-state index in [1.54, 1.807) is 13.8 Å². The Hall–Kier alpha value is -2.12. The molecule has 0 bridgehead atoms. The fourth-order valence-electron chi connectivity index (χ4n) is 3.66. The van der Waals surface area contributed by atoms with Crippen LogP contribution in [0.15, 0.2) is 33.7 Å². The molecule has 24 heavy (non-hydrogen) atoms. The highest BCUT2D eigenvalue weighted by atomic mass is 32.2. The van der Waals surface area contributed by atoms with Crippen LogP contribution in [0.25, 0.3) is 10.9 Å². The molecule has 3 aromatic rings. The van der Waals surface area contributed by atoms with Gasteiger partial charge in [0, 0.05) is 30.2 Å². The third kappa shape index (κ3) is 2.04. The molecule has 3 heterocycles. The number of aryl methyl sites for hydroxylation is 3. The number of rotatable bonds is 2. The number of hydrogen-bond acceptors (Lipinski definition) is 4. The van der Waals surface area contributed by atoms with Crippen molar-refractivity contribution in [2.75, 3.05) is 6.54 Å². The van der Waals surface area contributed by atoms with Gasteiger partial charge in [-0.2, -0.15) is 4.31 Å². The number of benzene rings is 1. The average Bonchev–Trinajstić information content (AvgIpc) is 3.06. The Morgan fingerprint density at radius 3 is 2.67 bits per heavy atom. The summed E-state index contributed by atoms with van der Waals surface area (Å²) in [5.41, 5.74) is 3.85. The topological polar surface area (TPSA) is 68.3 Å². The van der Waals surface area contributed by atoms with E-state index in [4.69, 9.17) is 4.52 Å². The van der Waals surface area contributed by atoms with Gasteiger partial charge in [0.05, 0.1) is 6.54 Å². The maximum absolute atomic E-state index is 13.0. The van der Waals surface area contributed by atoms with Crippen molar-refractivity contribution in [3.05, 3.63) is 47.0 Å². The monoisotopic (exact) mass is 345 g/mol. The van der Waals surface area contributed by atoms with Gasteiger partial charge in [0.2, 0.25) is 10.0 Å². The summed E-state index contributed by atoms with van der Waals surface area (Å²) in [6.45, 7) is 4.13. The van der Waals surface area contributed by atoms with Crippen molar-refractivity contribution in [2.45, 2.75) is 31.7 Å². The third-order valence-corrected chi connectivity index (χ3v) is 6.94. The molecule has 0 spiro atoms. The van der Waals surface area contributed by atoms with Crippen LogP contribution in [0.3, 0.4) is 0 Å². The zero-order chi connectivity index (χ0) is 17.1. The van der Waals surface area contributed by atoms with Gasteiger partial charge in [0.15, 0.2) is 5.76 Å². The first-order valence-corrected chi connectivity index (χ1v) is 9.33. The summed E-state index contributed by atoms with van der Waals surface area (Å²) in [5, 5.41) is 5.00. The quantitative estimate of drug-likeness (QED) is 0.716. The van der Waals surface area contributed by atoms with E-state index < -0.39 is 10.0 Å². The molecular formula is C17H19N3O3S. The summed E-state index contributed by atoms with van der Waals surface area (Å²) in [5.74, 6) is 0.343. The molecule has 6 nitrogen and oxygen atoms in total. The molecule has 1 aliphatic heterocycles. The van der Waals surface area contributed by atoms with Gasteiger partial charge >= 0.3 is 0 Å². The Morgan fingerprint density at radius 2 is 1.96 bits per heavy atom. The molecule has 0 aliphatic carbocycles. The van der Waals surface area contributed by atoms with Gasteiger partial charge in [0.25, 0.3) is 0 Å². The van der Waals surface area contributed by atoms with E-state index in [2.05, 4.69) is 21.9 Å². The second kappa shape index (κ2) is 5.19. The molecule has 0 amide bonds. The van der Waals surface area contributed by atoms with Crippen molar-refractivity contribution in [3.63, 3.8) is 0 Å². The highest BCUT2D eigenvalue weighted by Crippen LogP contribution is 2.33. The summed E-state index contributed by atoms with van der Waals surface area (Å²) in [4.78, 5) is 0.199. The van der Waals surface area contributed by atoms with Gasteiger partial charge < -0.3 is 9.09 Å². The SMILES string of the molecule is Cc1noc(C)c1S(=O)(=O)N1CCc2c(n(C)c3ccccc23)C1. The van der Waals surface area contributed by atoms with E-state index in [9.17, 15) is 8.42 Å². The first-order chi connectivity index (χ1) is 11.4. The van der Waals surface area contributed by atoms with Crippen molar-refractivity contribution < 1.29 is 12.9 Å². The maximum atomic E-state index is 13.0. The number of aromatic nitrogens is 2. The average molecular weight is 345 g/mol. The largest absolute Gasteiger partial charge is 0.360 e. The molecule has 0 saturated carbocycles. The van der Waals surface area contributed by atoms with E-state index in [1.807, 2.05) is 19.2 Å². The lowest BCUT2D eigenvalue weighted by Gasteiger charge is -2.27. The van der Waals surface area contributed by atoms with Gasteiger partial charge in [-0.3, -0.25) is 0 Å². The Labute approximate surface area is 140 Å². The predicted molar refractivity (Wildman–Crippen MR) is 90.2 cm³/mol. The smallest absolute Gasteiger partial charge is 0.248 e. The molecule has 4 rings (SSSR count). The Kier molecular flexibility index (Phi) is 3.33. The third-order valence-electron chi connectivity index (χ3n) is 4.85. The van der Waals surface area contributed by atoms with Crippen molar-refractivity contribution in [1.82, 2.24) is 14.0 Å². The van der Waals surface area contributed by atoms with E-state index in [-0.39, 0.29) is 4.90 Å². The minimum Gasteiger partial charge on any atom is -0.360 e. The van der Waals surface area contributed by atoms with E-state index in [0.29, 0.717) is 31.0 Å². The van der Waals surface area contributed by atoms with E-state index in [0.717, 1.165) is 11.2 Å². The Bertz CT molecular complexity index is 1030. The van der Waals surface area contributed by atoms with Crippen LogP contribution in [-0.2, 0) is 30.0 Å². The fourth-order valence-corrected chi connectivity index (χ4v) is 5.36. The lowest BCUT2D eigenvalue weighted by molar-refractivity contribution is 0.376. The van der Waals surface area contributed by atoms with Crippen LogP contribution < -0.4 is 0 Å². The Balaban J connectivity index is 1.80. The van der Waals surface area contributed by atoms with Crippen molar-refractivity contribution >= 4 is 20.9 Å². The summed E-state index contributed by atoms with van der Waals surface area (Å²) in [6, 6.07) is 8.20. The van der Waals surface area contributed by atoms with E-state index in [1.165, 1.54) is 15.3 Å². The summed E-state index contributed by atoms with van der Waals surface area (Å²) >= 11 is 0. The highest BCUT2D eigenvalue weighted by molar-refractivity contribution is 7.89. The molecule has 0 atom stereocenters. The number of nitrogens with zero attached hydrogens (tertiary/aromatic N) is 3. The van der Waals surface area contributed by atoms with Crippen LogP contribution in [0.2, 0.25) is 0 Å². The second-order valence-corrected chi connectivity index (χ2v) is 8.12. The van der Waals surface area contributed by atoms with Crippen molar-refractivity contribution in [2.24, 2.45) is 7.05 Å². The first-order valence-electron chi connectivity index (χ1n) is 7.89. The summed E-state index contributed by atoms with van der Waals surface area (Å²) < 4.78 is 34.8. The zero-order valence-electron chi connectivity index (χ0n) is 13.9. The van der Waals surface area contributed by atoms with Crippen molar-refractivity contribution in [3.8, 4) is 0 Å². The van der Waals surface area contributed by atoms with Gasteiger partial charge in [-0.05, 0) is 31.9 Å². The minimum atomic E-state index is -3.61. The lowest BCUT2D eigenvalue weighted by atomic mass is 10.1. The molecule has 0 radical (unpaired) electrons. The normalized spacial score (nSPS) is 15.8. The van der Waals surface area contributed by atoms with Gasteiger partial charge in [-0.25, -0.2) is 8.42 Å². The van der Waals surface area contributed by atoms with Crippen LogP contribution in [-0.4, -0.2) is 29.0 Å². The number of para-hydroxylation sites is 1. The highest BCUT2D eigenvalue weighted by Gasteiger charge is 2.34. The first kappa shape index (κ1) is 15.4. The lowest BCUT2D eigenvalue weighted by Crippen LogP contribution is -2.36. The molecule has 1 aromatic carbocycles. The van der Waals surface area contributed by atoms with Crippen LogP contribution in [0.1, 0.15) is 22.7 Å². The fraction of sp³-hybridized carbons (Fsp3) is 0.353. The molecule has 0 saturated heterocycles. The molecule has 126 valence electrons. The number of hydrogen-bond donors (Lipinski definition) is 0. The van der Waals surface area contributed by atoms with Gasteiger partial charge in [0.1, 0.15) is 10.6 Å². The molecule has 2 aromatic heterocycles. The van der Waals surface area contributed by atoms with Crippen LogP contribution in [0, 0.1) is 13.8 Å². The number of sulfonamides is 1. The zero-order valence-corrected chi connectivity index (χ0v) is 14.7. The molecular weight excluding hydrogens is 326 g/mol. The van der Waals surface area contributed by atoms with Crippen LogP contribution in [0.5, 0.6) is 0 Å².